The molecule has 1 fully saturated rings. The molecule has 0 radical (unpaired) electrons. The Labute approximate surface area is 155 Å². The maximum atomic E-state index is 12.5. The number of carbonyl (C=O) groups excluding carboxylic acids is 1. The van der Waals surface area contributed by atoms with E-state index in [0.717, 1.165) is 23.0 Å². The summed E-state index contributed by atoms with van der Waals surface area (Å²) in [5.41, 5.74) is 1.73. The van der Waals surface area contributed by atoms with Crippen molar-refractivity contribution in [2.24, 2.45) is 4.99 Å². The molecule has 6 heteroatoms. The molecule has 2 aromatic rings. The summed E-state index contributed by atoms with van der Waals surface area (Å²) < 4.78 is 0. The van der Waals surface area contributed by atoms with Crippen molar-refractivity contribution >= 4 is 45.9 Å². The van der Waals surface area contributed by atoms with Gasteiger partial charge in [0.1, 0.15) is 0 Å². The molecule has 1 aliphatic heterocycles. The molecule has 3 nitrogen and oxygen atoms in total. The van der Waals surface area contributed by atoms with Gasteiger partial charge in [0.2, 0.25) is 0 Å². The predicted octanol–water partition coefficient (Wildman–Crippen LogP) is 4.78. The average molecular weight is 379 g/mol. The normalized spacial score (nSPS) is 15.9. The summed E-state index contributed by atoms with van der Waals surface area (Å²) in [5, 5.41) is 1.78. The number of halogens is 2. The highest BCUT2D eigenvalue weighted by Crippen LogP contribution is 2.24. The molecule has 0 saturated carbocycles. The molecule has 1 aliphatic rings. The average Bonchev–Trinajstić information content (AvgIpc) is 3.03. The summed E-state index contributed by atoms with van der Waals surface area (Å²) in [6.45, 7) is 1.75. The molecule has 0 unspecified atom stereocenters. The van der Waals surface area contributed by atoms with Crippen molar-refractivity contribution < 1.29 is 4.79 Å². The van der Waals surface area contributed by atoms with E-state index in [0.29, 0.717) is 28.7 Å². The fourth-order valence-electron chi connectivity index (χ4n) is 2.40. The minimum atomic E-state index is 0.0171. The number of aliphatic imine (C=N–C) groups is 1. The number of rotatable bonds is 5. The molecule has 124 valence electrons. The molecule has 0 spiro atoms. The molecular weight excluding hydrogens is 363 g/mol. The van der Waals surface area contributed by atoms with Gasteiger partial charge >= 0.3 is 0 Å². The van der Waals surface area contributed by atoms with Gasteiger partial charge in [0.15, 0.2) is 11.0 Å². The Hall–Kier alpha value is -1.49. The van der Waals surface area contributed by atoms with Gasteiger partial charge in [-0.2, -0.15) is 0 Å². The lowest BCUT2D eigenvalue weighted by Gasteiger charge is -2.17. The summed E-state index contributed by atoms with van der Waals surface area (Å²) in [6, 6.07) is 15.1. The third kappa shape index (κ3) is 4.32. The minimum Gasteiger partial charge on any atom is -0.343 e. The zero-order chi connectivity index (χ0) is 16.9. The van der Waals surface area contributed by atoms with Crippen LogP contribution in [0.15, 0.2) is 53.5 Å². The topological polar surface area (TPSA) is 32.7 Å². The molecule has 0 amide bonds. The summed E-state index contributed by atoms with van der Waals surface area (Å²) in [5.74, 6) is 0.964. The quantitative estimate of drug-likeness (QED) is 0.701. The van der Waals surface area contributed by atoms with Gasteiger partial charge in [0.05, 0.1) is 23.1 Å². The van der Waals surface area contributed by atoms with Crippen molar-refractivity contribution in [2.75, 3.05) is 18.8 Å². The van der Waals surface area contributed by atoms with Gasteiger partial charge in [0.25, 0.3) is 0 Å². The van der Waals surface area contributed by atoms with Gasteiger partial charge < -0.3 is 4.90 Å². The molecule has 3 rings (SSSR count). The SMILES string of the molecule is O=C(CN1CCSC1=NCc1ccccc1)c1ccc(Cl)c(Cl)c1. The first-order valence-electron chi connectivity index (χ1n) is 7.58. The fraction of sp³-hybridized carbons (Fsp3) is 0.222. The van der Waals surface area contributed by atoms with Gasteiger partial charge in [-0.25, -0.2) is 0 Å². The van der Waals surface area contributed by atoms with Crippen LogP contribution in [0.25, 0.3) is 0 Å². The van der Waals surface area contributed by atoms with E-state index in [4.69, 9.17) is 23.2 Å². The van der Waals surface area contributed by atoms with Crippen LogP contribution in [0.3, 0.4) is 0 Å². The Balaban J connectivity index is 1.67. The van der Waals surface area contributed by atoms with Crippen molar-refractivity contribution in [3.8, 4) is 0 Å². The van der Waals surface area contributed by atoms with Crippen LogP contribution < -0.4 is 0 Å². The Morgan fingerprint density at radius 3 is 2.67 bits per heavy atom. The van der Waals surface area contributed by atoms with Crippen molar-refractivity contribution in [3.05, 3.63) is 69.7 Å². The van der Waals surface area contributed by atoms with Crippen molar-refractivity contribution in [2.45, 2.75) is 6.54 Å². The smallest absolute Gasteiger partial charge is 0.182 e. The summed E-state index contributed by atoms with van der Waals surface area (Å²) in [7, 11) is 0. The van der Waals surface area contributed by atoms with Gasteiger partial charge in [-0.3, -0.25) is 9.79 Å². The van der Waals surface area contributed by atoms with Crippen molar-refractivity contribution in [1.29, 1.82) is 0 Å². The molecule has 0 bridgehead atoms. The largest absolute Gasteiger partial charge is 0.343 e. The van der Waals surface area contributed by atoms with E-state index in [1.165, 1.54) is 0 Å². The molecule has 2 aromatic carbocycles. The Morgan fingerprint density at radius 2 is 1.92 bits per heavy atom. The number of nitrogens with zero attached hydrogens (tertiary/aromatic N) is 2. The summed E-state index contributed by atoms with van der Waals surface area (Å²) >= 11 is 13.6. The lowest BCUT2D eigenvalue weighted by molar-refractivity contribution is 0.0966. The molecule has 0 aromatic heterocycles. The van der Waals surface area contributed by atoms with Gasteiger partial charge in [-0.1, -0.05) is 65.3 Å². The van der Waals surface area contributed by atoms with Crippen LogP contribution in [0, 0.1) is 0 Å². The molecule has 0 aliphatic carbocycles. The summed E-state index contributed by atoms with van der Waals surface area (Å²) in [6.07, 6.45) is 0. The van der Waals surface area contributed by atoms with Crippen LogP contribution in [0.2, 0.25) is 10.0 Å². The molecule has 24 heavy (non-hydrogen) atoms. The number of benzene rings is 2. The number of hydrogen-bond acceptors (Lipinski definition) is 3. The maximum Gasteiger partial charge on any atom is 0.182 e. The highest BCUT2D eigenvalue weighted by atomic mass is 35.5. The van der Waals surface area contributed by atoms with E-state index in [2.05, 4.69) is 17.1 Å². The number of Topliss-reactive ketones (excluding diaryl/α,β-unsaturated/α-hetero) is 1. The van der Waals surface area contributed by atoms with Crippen LogP contribution in [0.1, 0.15) is 15.9 Å². The van der Waals surface area contributed by atoms with Crippen molar-refractivity contribution in [1.82, 2.24) is 4.90 Å². The lowest BCUT2D eigenvalue weighted by Crippen LogP contribution is -2.30. The van der Waals surface area contributed by atoms with Crippen LogP contribution in [0.5, 0.6) is 0 Å². The highest BCUT2D eigenvalue weighted by Gasteiger charge is 2.22. The maximum absolute atomic E-state index is 12.5. The van der Waals surface area contributed by atoms with E-state index in [1.807, 2.05) is 23.1 Å². The number of thioether (sulfide) groups is 1. The van der Waals surface area contributed by atoms with E-state index in [1.54, 1.807) is 30.0 Å². The monoisotopic (exact) mass is 378 g/mol. The summed E-state index contributed by atoms with van der Waals surface area (Å²) in [4.78, 5) is 19.2. The van der Waals surface area contributed by atoms with Gasteiger partial charge in [-0.05, 0) is 23.8 Å². The number of ketones is 1. The van der Waals surface area contributed by atoms with Gasteiger partial charge in [-0.15, -0.1) is 0 Å². The second kappa shape index (κ2) is 8.06. The lowest BCUT2D eigenvalue weighted by atomic mass is 10.1. The number of carbonyl (C=O) groups is 1. The van der Waals surface area contributed by atoms with Crippen LogP contribution in [-0.4, -0.2) is 34.7 Å². The van der Waals surface area contributed by atoms with E-state index < -0.39 is 0 Å². The fourth-order valence-corrected chi connectivity index (χ4v) is 3.69. The van der Waals surface area contributed by atoms with E-state index >= 15 is 0 Å². The van der Waals surface area contributed by atoms with Crippen LogP contribution in [-0.2, 0) is 6.54 Å². The Morgan fingerprint density at radius 1 is 1.12 bits per heavy atom. The van der Waals surface area contributed by atoms with Crippen LogP contribution >= 0.6 is 35.0 Å². The Kier molecular flexibility index (Phi) is 5.82. The van der Waals surface area contributed by atoms with Crippen molar-refractivity contribution in [3.63, 3.8) is 0 Å². The standard InChI is InChI=1S/C18H16Cl2N2OS/c19-15-7-6-14(10-16(15)20)17(23)12-22-8-9-24-18(22)21-11-13-4-2-1-3-5-13/h1-7,10H,8-9,11-12H2. The third-order valence-corrected chi connectivity index (χ3v) is 5.45. The molecule has 1 saturated heterocycles. The zero-order valence-electron chi connectivity index (χ0n) is 12.9. The molecular formula is C18H16Cl2N2OS. The van der Waals surface area contributed by atoms with Gasteiger partial charge in [0, 0.05) is 17.9 Å². The number of hydrogen-bond donors (Lipinski definition) is 0. The van der Waals surface area contributed by atoms with Crippen LogP contribution in [0.4, 0.5) is 0 Å². The molecule has 1 heterocycles. The highest BCUT2D eigenvalue weighted by molar-refractivity contribution is 8.14. The predicted molar refractivity (Wildman–Crippen MR) is 102 cm³/mol. The first-order valence-corrected chi connectivity index (χ1v) is 9.32. The van der Waals surface area contributed by atoms with E-state index in [-0.39, 0.29) is 5.78 Å². The number of amidine groups is 1. The van der Waals surface area contributed by atoms with E-state index in [9.17, 15) is 4.79 Å². The Bertz CT molecular complexity index is 765. The second-order valence-corrected chi connectivity index (χ2v) is 7.28. The minimum absolute atomic E-state index is 0.0171. The molecule has 0 N–H and O–H groups in total. The zero-order valence-corrected chi connectivity index (χ0v) is 15.2. The second-order valence-electron chi connectivity index (χ2n) is 5.41. The third-order valence-electron chi connectivity index (χ3n) is 3.68. The molecule has 0 atom stereocenters. The first-order chi connectivity index (χ1) is 11.6. The first kappa shape index (κ1) is 17.3.